The first kappa shape index (κ1) is 34.8. The summed E-state index contributed by atoms with van der Waals surface area (Å²) in [6.07, 6.45) is 5.34. The molecule has 1 saturated carbocycles. The van der Waals surface area contributed by atoms with E-state index in [1.54, 1.807) is 30.3 Å². The molecule has 53 heavy (non-hydrogen) atoms. The van der Waals surface area contributed by atoms with Crippen LogP contribution in [0.2, 0.25) is 5.02 Å². The fraction of sp³-hybridized carbons (Fsp3) is 0.400. The number of imide groups is 2. The van der Waals surface area contributed by atoms with Gasteiger partial charge in [0.2, 0.25) is 17.5 Å². The molecule has 12 nitrogen and oxygen atoms in total. The molecule has 4 aliphatic heterocycles. The van der Waals surface area contributed by atoms with Crippen molar-refractivity contribution in [2.24, 2.45) is 0 Å². The highest BCUT2D eigenvalue weighted by Gasteiger charge is 2.45. The quantitative estimate of drug-likeness (QED) is 0.243. The number of piperidine rings is 2. The van der Waals surface area contributed by atoms with Crippen molar-refractivity contribution in [2.45, 2.75) is 88.7 Å². The van der Waals surface area contributed by atoms with Gasteiger partial charge in [0.15, 0.2) is 0 Å². The monoisotopic (exact) mass is 735 g/mol. The molecule has 4 heterocycles. The number of nitrogens with one attached hydrogen (secondary N) is 1. The zero-order valence-electron chi connectivity index (χ0n) is 29.0. The van der Waals surface area contributed by atoms with E-state index in [1.807, 2.05) is 29.2 Å². The van der Waals surface area contributed by atoms with Crippen molar-refractivity contribution >= 4 is 46.8 Å². The Morgan fingerprint density at radius 3 is 1.92 bits per heavy atom. The fourth-order valence-electron chi connectivity index (χ4n) is 8.25. The van der Waals surface area contributed by atoms with Crippen LogP contribution in [0.1, 0.15) is 93.6 Å². The number of rotatable bonds is 7. The van der Waals surface area contributed by atoms with Gasteiger partial charge in [0, 0.05) is 44.2 Å². The van der Waals surface area contributed by atoms with Crippen LogP contribution in [-0.2, 0) is 22.7 Å². The molecule has 5 amide bonds. The van der Waals surface area contributed by atoms with E-state index in [1.165, 1.54) is 0 Å². The molecule has 2 saturated heterocycles. The van der Waals surface area contributed by atoms with E-state index >= 15 is 0 Å². The molecule has 0 radical (unpaired) electrons. The predicted molar refractivity (Wildman–Crippen MR) is 193 cm³/mol. The van der Waals surface area contributed by atoms with Crippen molar-refractivity contribution in [3.8, 4) is 11.5 Å². The van der Waals surface area contributed by atoms with E-state index < -0.39 is 29.7 Å². The topological polar surface area (TPSA) is 130 Å². The summed E-state index contributed by atoms with van der Waals surface area (Å²) >= 11 is 6.16. The molecule has 0 bridgehead atoms. The lowest BCUT2D eigenvalue weighted by Crippen LogP contribution is -2.54. The molecule has 5 aliphatic rings. The zero-order chi connectivity index (χ0) is 36.8. The number of benzene rings is 3. The molecule has 8 rings (SSSR count). The van der Waals surface area contributed by atoms with Gasteiger partial charge in [-0.1, -0.05) is 17.7 Å². The molecule has 3 aromatic rings. The third kappa shape index (κ3) is 6.87. The molecule has 3 fully saturated rings. The highest BCUT2D eigenvalue weighted by atomic mass is 35.5. The second-order valence-corrected chi connectivity index (χ2v) is 14.8. The Bertz CT molecular complexity index is 2000. The lowest BCUT2D eigenvalue weighted by molar-refractivity contribution is -0.136. The molecule has 1 atom stereocenters. The van der Waals surface area contributed by atoms with Crippen LogP contribution in [0, 0.1) is 6.57 Å². The summed E-state index contributed by atoms with van der Waals surface area (Å²) in [5, 5.41) is 2.63. The average molecular weight is 736 g/mol. The lowest BCUT2D eigenvalue weighted by Gasteiger charge is -2.36. The number of fused-ring (bicyclic) bond motifs is 2. The normalized spacial score (nSPS) is 23.4. The highest BCUT2D eigenvalue weighted by Crippen LogP contribution is 2.36. The van der Waals surface area contributed by atoms with E-state index in [9.17, 15) is 24.0 Å². The number of nitrogens with zero attached hydrogens (tertiary/aromatic N) is 4. The maximum Gasteiger partial charge on any atom is 0.262 e. The highest BCUT2D eigenvalue weighted by molar-refractivity contribution is 6.33. The van der Waals surface area contributed by atoms with E-state index in [0.29, 0.717) is 59.3 Å². The molecule has 272 valence electrons. The van der Waals surface area contributed by atoms with Crippen LogP contribution in [0.5, 0.6) is 11.5 Å². The summed E-state index contributed by atoms with van der Waals surface area (Å²) in [4.78, 5) is 72.7. The Morgan fingerprint density at radius 1 is 0.774 bits per heavy atom. The molecule has 1 aliphatic carbocycles. The molecule has 1 unspecified atom stereocenters. The minimum atomic E-state index is -0.980. The van der Waals surface area contributed by atoms with Crippen molar-refractivity contribution in [1.29, 1.82) is 0 Å². The number of carbonyl (C=O) groups excluding carboxylic acids is 5. The summed E-state index contributed by atoms with van der Waals surface area (Å²) in [5.74, 6) is -0.599. The van der Waals surface area contributed by atoms with E-state index in [-0.39, 0.29) is 37.0 Å². The average Bonchev–Trinajstić information content (AvgIpc) is 3.69. The van der Waals surface area contributed by atoms with Crippen molar-refractivity contribution in [2.75, 3.05) is 13.1 Å². The van der Waals surface area contributed by atoms with Crippen LogP contribution in [0.15, 0.2) is 54.6 Å². The molecule has 0 spiro atoms. The first-order chi connectivity index (χ1) is 25.6. The van der Waals surface area contributed by atoms with Gasteiger partial charge < -0.3 is 14.4 Å². The Hall–Kier alpha value is -5.25. The van der Waals surface area contributed by atoms with Gasteiger partial charge >= 0.3 is 0 Å². The Morgan fingerprint density at radius 2 is 1.36 bits per heavy atom. The number of likely N-dealkylation sites (tertiary alicyclic amines) is 1. The minimum absolute atomic E-state index is 0.00378. The van der Waals surface area contributed by atoms with E-state index in [0.717, 1.165) is 60.3 Å². The van der Waals surface area contributed by atoms with Crippen molar-refractivity contribution < 1.29 is 33.4 Å². The van der Waals surface area contributed by atoms with Gasteiger partial charge in [-0.25, -0.2) is 4.85 Å². The summed E-state index contributed by atoms with van der Waals surface area (Å²) in [6.45, 7) is 9.69. The van der Waals surface area contributed by atoms with Gasteiger partial charge in [-0.05, 0) is 105 Å². The number of amides is 5. The number of hydrogen-bond acceptors (Lipinski definition) is 8. The Labute approximate surface area is 311 Å². The number of hydrogen-bond donors (Lipinski definition) is 1. The van der Waals surface area contributed by atoms with Crippen LogP contribution in [0.4, 0.5) is 5.69 Å². The Kier molecular flexibility index (Phi) is 9.39. The van der Waals surface area contributed by atoms with Gasteiger partial charge in [0.1, 0.15) is 17.5 Å². The maximum absolute atomic E-state index is 13.4. The second kappa shape index (κ2) is 14.3. The van der Waals surface area contributed by atoms with Gasteiger partial charge in [-0.3, -0.25) is 39.1 Å². The molecule has 3 aromatic carbocycles. The van der Waals surface area contributed by atoms with Crippen LogP contribution in [-0.4, -0.2) is 81.6 Å². The summed E-state index contributed by atoms with van der Waals surface area (Å²) in [7, 11) is 0. The SMILES string of the molecule is [C-]#[N+]c1ccc(OC2CCC(Oc3ccc(C(=O)N4CCC(N5Cc6cc7c(cc6C5)C(=O)N(C5CCC(=O)NC5=O)C7=O)CC4)cc3)CC2)cc1Cl. The first-order valence-corrected chi connectivity index (χ1v) is 18.5. The first-order valence-electron chi connectivity index (χ1n) is 18.2. The summed E-state index contributed by atoms with van der Waals surface area (Å²) in [5.41, 5.74) is 3.63. The standard InChI is InChI=1S/C40H38ClN5O7/c1-42-34-11-10-30(20-33(34)41)53-29-8-6-28(7-9-29)52-27-4-2-23(3-5-27)38(49)44-16-14-26(15-17-44)45-21-24-18-31-32(19-25(24)22-45)40(51)46(39(31)50)35-12-13-36(47)43-37(35)48/h2-5,10-11,18-20,26,28-29,35H,6-9,12-17,21-22H2,(H,43,47,48). The molecule has 1 N–H and O–H groups in total. The Balaban J connectivity index is 0.801. The third-order valence-electron chi connectivity index (χ3n) is 11.1. The molecule has 13 heteroatoms. The van der Waals surface area contributed by atoms with Crippen LogP contribution in [0.3, 0.4) is 0 Å². The van der Waals surface area contributed by atoms with Crippen LogP contribution in [0.25, 0.3) is 4.85 Å². The van der Waals surface area contributed by atoms with Gasteiger partial charge in [0.25, 0.3) is 17.7 Å². The largest absolute Gasteiger partial charge is 0.490 e. The zero-order valence-corrected chi connectivity index (χ0v) is 29.8. The van der Waals surface area contributed by atoms with Gasteiger partial charge in [0.05, 0.1) is 34.9 Å². The number of ether oxygens (including phenoxy) is 2. The van der Waals surface area contributed by atoms with E-state index in [4.69, 9.17) is 27.6 Å². The number of halogens is 1. The van der Waals surface area contributed by atoms with Crippen LogP contribution >= 0.6 is 11.6 Å². The number of carbonyl (C=O) groups is 5. The summed E-state index contributed by atoms with van der Waals surface area (Å²) in [6, 6.07) is 15.4. The predicted octanol–water partition coefficient (Wildman–Crippen LogP) is 5.68. The van der Waals surface area contributed by atoms with Gasteiger partial charge in [-0.15, -0.1) is 0 Å². The summed E-state index contributed by atoms with van der Waals surface area (Å²) < 4.78 is 12.4. The lowest BCUT2D eigenvalue weighted by atomic mass is 9.95. The van der Waals surface area contributed by atoms with Crippen molar-refractivity contribution in [3.05, 3.63) is 98.9 Å². The smallest absolute Gasteiger partial charge is 0.262 e. The second-order valence-electron chi connectivity index (χ2n) is 14.4. The van der Waals surface area contributed by atoms with Crippen molar-refractivity contribution in [3.63, 3.8) is 0 Å². The van der Waals surface area contributed by atoms with Crippen molar-refractivity contribution in [1.82, 2.24) is 20.0 Å². The minimum Gasteiger partial charge on any atom is -0.490 e. The van der Waals surface area contributed by atoms with E-state index in [2.05, 4.69) is 15.1 Å². The molecular weight excluding hydrogens is 698 g/mol. The molecular formula is C40H38ClN5O7. The third-order valence-corrected chi connectivity index (χ3v) is 11.4. The fourth-order valence-corrected chi connectivity index (χ4v) is 8.46. The van der Waals surface area contributed by atoms with Gasteiger partial charge in [-0.2, -0.15) is 0 Å². The molecule has 0 aromatic heterocycles. The maximum atomic E-state index is 13.4. The van der Waals surface area contributed by atoms with Crippen LogP contribution < -0.4 is 14.8 Å².